The van der Waals surface area contributed by atoms with Gasteiger partial charge in [-0.3, -0.25) is 9.80 Å². The molecule has 19 heavy (non-hydrogen) atoms. The van der Waals surface area contributed by atoms with Crippen molar-refractivity contribution in [3.63, 3.8) is 0 Å². The second-order valence-electron chi connectivity index (χ2n) is 5.24. The molecule has 1 unspecified atom stereocenters. The number of hydrogen-bond acceptors (Lipinski definition) is 4. The summed E-state index contributed by atoms with van der Waals surface area (Å²) in [6.45, 7) is 8.37. The first kappa shape index (κ1) is 19.4. The minimum atomic E-state index is 0. The van der Waals surface area contributed by atoms with E-state index >= 15 is 0 Å². The summed E-state index contributed by atoms with van der Waals surface area (Å²) < 4.78 is 5.45. The fourth-order valence-electron chi connectivity index (χ4n) is 2.98. The number of halogens is 2. The summed E-state index contributed by atoms with van der Waals surface area (Å²) in [5.74, 6) is 0. The van der Waals surface area contributed by atoms with Gasteiger partial charge in [-0.1, -0.05) is 6.42 Å². The van der Waals surface area contributed by atoms with Crippen LogP contribution in [-0.4, -0.2) is 68.3 Å². The molecule has 2 heterocycles. The Balaban J connectivity index is 0.00000162. The highest BCUT2D eigenvalue weighted by Crippen LogP contribution is 2.19. The van der Waals surface area contributed by atoms with Gasteiger partial charge >= 0.3 is 0 Å². The summed E-state index contributed by atoms with van der Waals surface area (Å²) in [5.41, 5.74) is 5.40. The smallest absolute Gasteiger partial charge is 0.0594 e. The minimum Gasteiger partial charge on any atom is -0.379 e. The molecule has 0 saturated carbocycles. The lowest BCUT2D eigenvalue weighted by Gasteiger charge is -2.32. The first-order chi connectivity index (χ1) is 8.40. The number of hydrogen-bond donors (Lipinski definition) is 1. The van der Waals surface area contributed by atoms with Gasteiger partial charge in [0.2, 0.25) is 0 Å². The van der Waals surface area contributed by atoms with E-state index in [2.05, 4.69) is 9.80 Å². The van der Waals surface area contributed by atoms with Crippen molar-refractivity contribution in [2.75, 3.05) is 52.5 Å². The number of ether oxygens (including phenoxy) is 1. The van der Waals surface area contributed by atoms with Gasteiger partial charge in [0.1, 0.15) is 0 Å². The third-order valence-electron chi connectivity index (χ3n) is 3.97. The highest BCUT2D eigenvalue weighted by molar-refractivity contribution is 5.85. The van der Waals surface area contributed by atoms with Gasteiger partial charge < -0.3 is 10.5 Å². The fourth-order valence-corrected chi connectivity index (χ4v) is 2.98. The van der Waals surface area contributed by atoms with Crippen LogP contribution in [0.15, 0.2) is 0 Å². The van der Waals surface area contributed by atoms with Gasteiger partial charge in [0.15, 0.2) is 0 Å². The summed E-state index contributed by atoms with van der Waals surface area (Å²) in [6, 6.07) is 0.810. The van der Waals surface area contributed by atoms with Crippen LogP contribution in [0.4, 0.5) is 0 Å². The molecule has 0 spiro atoms. The lowest BCUT2D eigenvalue weighted by Crippen LogP contribution is -2.41. The van der Waals surface area contributed by atoms with Crippen LogP contribution in [-0.2, 0) is 4.74 Å². The number of nitrogens with zero attached hydrogens (tertiary/aromatic N) is 2. The molecule has 0 aromatic carbocycles. The molecule has 116 valence electrons. The number of piperidine rings is 1. The Bertz CT molecular complexity index is 216. The average Bonchev–Trinajstić information content (AvgIpc) is 2.85. The summed E-state index contributed by atoms with van der Waals surface area (Å²) in [7, 11) is 0. The van der Waals surface area contributed by atoms with Gasteiger partial charge in [-0.15, -0.1) is 24.8 Å². The molecule has 0 aromatic rings. The van der Waals surface area contributed by atoms with Gasteiger partial charge in [-0.2, -0.15) is 0 Å². The molecule has 2 N–H and O–H groups in total. The molecule has 0 radical (unpaired) electrons. The van der Waals surface area contributed by atoms with E-state index in [9.17, 15) is 0 Å². The molecule has 0 aliphatic carbocycles. The maximum absolute atomic E-state index is 5.45. The summed E-state index contributed by atoms with van der Waals surface area (Å²) in [6.07, 6.45) is 5.57. The van der Waals surface area contributed by atoms with Crippen LogP contribution < -0.4 is 5.73 Å². The van der Waals surface area contributed by atoms with Crippen LogP contribution in [0.3, 0.4) is 0 Å². The molecule has 1 atom stereocenters. The molecule has 0 aromatic heterocycles. The van der Waals surface area contributed by atoms with Crippen molar-refractivity contribution in [3.05, 3.63) is 0 Å². The molecule has 0 bridgehead atoms. The van der Waals surface area contributed by atoms with Crippen molar-refractivity contribution in [1.82, 2.24) is 9.80 Å². The molecule has 2 saturated heterocycles. The maximum atomic E-state index is 5.45. The van der Waals surface area contributed by atoms with E-state index in [1.165, 1.54) is 51.9 Å². The van der Waals surface area contributed by atoms with E-state index in [0.29, 0.717) is 13.2 Å². The Kier molecular flexibility index (Phi) is 11.4. The van der Waals surface area contributed by atoms with Crippen LogP contribution in [0, 0.1) is 0 Å². The molecule has 2 rings (SSSR count). The zero-order chi connectivity index (χ0) is 11.9. The van der Waals surface area contributed by atoms with E-state index in [1.54, 1.807) is 0 Å². The molecule has 2 aliphatic rings. The SMILES string of the molecule is Cl.Cl.NCCOCCN1CCC(N2CCCCC2)C1. The number of rotatable bonds is 6. The summed E-state index contributed by atoms with van der Waals surface area (Å²) in [4.78, 5) is 5.24. The number of nitrogens with two attached hydrogens (primary N) is 1. The van der Waals surface area contributed by atoms with Crippen molar-refractivity contribution >= 4 is 24.8 Å². The molecule has 4 nitrogen and oxygen atoms in total. The Morgan fingerprint density at radius 2 is 1.74 bits per heavy atom. The van der Waals surface area contributed by atoms with Crippen LogP contribution >= 0.6 is 24.8 Å². The van der Waals surface area contributed by atoms with E-state index < -0.39 is 0 Å². The molecule has 6 heteroatoms. The van der Waals surface area contributed by atoms with Crippen molar-refractivity contribution in [2.24, 2.45) is 5.73 Å². The second-order valence-corrected chi connectivity index (χ2v) is 5.24. The van der Waals surface area contributed by atoms with Gasteiger partial charge in [0, 0.05) is 25.7 Å². The van der Waals surface area contributed by atoms with Gasteiger partial charge in [-0.05, 0) is 38.9 Å². The predicted octanol–water partition coefficient (Wildman–Crippen LogP) is 1.37. The van der Waals surface area contributed by atoms with E-state index in [0.717, 1.165) is 19.2 Å². The summed E-state index contributed by atoms with van der Waals surface area (Å²) in [5, 5.41) is 0. The normalized spacial score (nSPS) is 24.8. The molecular formula is C13H29Cl2N3O. The maximum Gasteiger partial charge on any atom is 0.0594 e. The summed E-state index contributed by atoms with van der Waals surface area (Å²) >= 11 is 0. The van der Waals surface area contributed by atoms with Crippen LogP contribution in [0.5, 0.6) is 0 Å². The monoisotopic (exact) mass is 313 g/mol. The van der Waals surface area contributed by atoms with Gasteiger partial charge in [0.05, 0.1) is 13.2 Å². The zero-order valence-electron chi connectivity index (χ0n) is 11.8. The second kappa shape index (κ2) is 11.1. The minimum absolute atomic E-state index is 0. The van der Waals surface area contributed by atoms with Gasteiger partial charge in [-0.25, -0.2) is 0 Å². The fraction of sp³-hybridized carbons (Fsp3) is 1.00. The van der Waals surface area contributed by atoms with E-state index in [4.69, 9.17) is 10.5 Å². The van der Waals surface area contributed by atoms with Crippen molar-refractivity contribution in [2.45, 2.75) is 31.7 Å². The van der Waals surface area contributed by atoms with Crippen molar-refractivity contribution in [1.29, 1.82) is 0 Å². The quantitative estimate of drug-likeness (QED) is 0.752. The van der Waals surface area contributed by atoms with Crippen molar-refractivity contribution in [3.8, 4) is 0 Å². The molecular weight excluding hydrogens is 285 g/mol. The van der Waals surface area contributed by atoms with E-state index in [1.807, 2.05) is 0 Å². The highest BCUT2D eigenvalue weighted by Gasteiger charge is 2.27. The van der Waals surface area contributed by atoms with Gasteiger partial charge in [0.25, 0.3) is 0 Å². The van der Waals surface area contributed by atoms with Crippen LogP contribution in [0.1, 0.15) is 25.7 Å². The Hall–Kier alpha value is 0.420. The topological polar surface area (TPSA) is 41.7 Å². The molecule has 2 fully saturated rings. The van der Waals surface area contributed by atoms with E-state index in [-0.39, 0.29) is 24.8 Å². The zero-order valence-corrected chi connectivity index (χ0v) is 13.4. The highest BCUT2D eigenvalue weighted by atomic mass is 35.5. The first-order valence-corrected chi connectivity index (χ1v) is 7.14. The number of likely N-dealkylation sites (tertiary alicyclic amines) is 2. The Labute approximate surface area is 129 Å². The Morgan fingerprint density at radius 1 is 1.00 bits per heavy atom. The van der Waals surface area contributed by atoms with Crippen molar-refractivity contribution < 1.29 is 4.74 Å². The standard InChI is InChI=1S/C13H27N3O.2ClH/c14-5-10-17-11-9-15-8-4-13(12-15)16-6-2-1-3-7-16;;/h13H,1-12,14H2;2*1H. The first-order valence-electron chi connectivity index (χ1n) is 7.14. The third kappa shape index (κ3) is 6.61. The lowest BCUT2D eigenvalue weighted by atomic mass is 10.1. The Morgan fingerprint density at radius 3 is 2.42 bits per heavy atom. The largest absolute Gasteiger partial charge is 0.379 e. The van der Waals surface area contributed by atoms with Crippen LogP contribution in [0.2, 0.25) is 0 Å². The average molecular weight is 314 g/mol. The predicted molar refractivity (Wildman–Crippen MR) is 84.6 cm³/mol. The third-order valence-corrected chi connectivity index (χ3v) is 3.97. The molecule has 0 amide bonds. The lowest BCUT2D eigenvalue weighted by molar-refractivity contribution is 0.110. The van der Waals surface area contributed by atoms with Crippen LogP contribution in [0.25, 0.3) is 0 Å². The molecule has 2 aliphatic heterocycles.